The van der Waals surface area contributed by atoms with Crippen molar-refractivity contribution in [2.75, 3.05) is 7.11 Å². The van der Waals surface area contributed by atoms with Crippen LogP contribution in [0.25, 0.3) is 0 Å². The highest BCUT2D eigenvalue weighted by atomic mass is 79.9. The maximum atomic E-state index is 13.8. The minimum atomic E-state index is -0.875. The summed E-state index contributed by atoms with van der Waals surface area (Å²) in [5, 5.41) is 10.1. The third kappa shape index (κ3) is 3.55. The molecular formula is C15H14BrFO2. The van der Waals surface area contributed by atoms with Crippen LogP contribution in [0.2, 0.25) is 0 Å². The first-order chi connectivity index (χ1) is 9.10. The molecule has 0 fully saturated rings. The van der Waals surface area contributed by atoms with E-state index in [1.54, 1.807) is 12.1 Å². The molecule has 2 aromatic carbocycles. The summed E-state index contributed by atoms with van der Waals surface area (Å²) in [5.74, 6) is -0.0160. The van der Waals surface area contributed by atoms with E-state index in [-0.39, 0.29) is 5.56 Å². The molecule has 0 radical (unpaired) electrons. The lowest BCUT2D eigenvalue weighted by Crippen LogP contribution is -2.04. The Morgan fingerprint density at radius 1 is 1.26 bits per heavy atom. The number of halogens is 2. The number of benzene rings is 2. The van der Waals surface area contributed by atoms with Crippen LogP contribution in [0.4, 0.5) is 4.39 Å². The molecule has 2 nitrogen and oxygen atoms in total. The van der Waals surface area contributed by atoms with Gasteiger partial charge in [0.05, 0.1) is 13.2 Å². The Morgan fingerprint density at radius 3 is 2.68 bits per heavy atom. The first-order valence-corrected chi connectivity index (χ1v) is 6.65. The Morgan fingerprint density at radius 2 is 2.05 bits per heavy atom. The Bertz CT molecular complexity index is 572. The van der Waals surface area contributed by atoms with Crippen LogP contribution in [-0.4, -0.2) is 12.2 Å². The van der Waals surface area contributed by atoms with Crippen LogP contribution in [0.1, 0.15) is 17.2 Å². The van der Waals surface area contributed by atoms with Crippen molar-refractivity contribution in [2.45, 2.75) is 12.5 Å². The van der Waals surface area contributed by atoms with Gasteiger partial charge in [-0.25, -0.2) is 4.39 Å². The molecule has 0 aromatic heterocycles. The standard InChI is InChI=1S/C15H14BrFO2/c1-19-12-5-6-13(14(17)9-12)15(18)8-10-3-2-4-11(16)7-10/h2-7,9,15,18H,8H2,1H3. The van der Waals surface area contributed by atoms with Gasteiger partial charge in [-0.05, 0) is 29.8 Å². The Hall–Kier alpha value is -1.39. The quantitative estimate of drug-likeness (QED) is 0.925. The van der Waals surface area contributed by atoms with Gasteiger partial charge in [-0.1, -0.05) is 28.1 Å². The molecule has 0 aliphatic heterocycles. The summed E-state index contributed by atoms with van der Waals surface area (Å²) in [6.45, 7) is 0. The first kappa shape index (κ1) is 14.0. The van der Waals surface area contributed by atoms with Crippen LogP contribution in [-0.2, 0) is 6.42 Å². The van der Waals surface area contributed by atoms with E-state index < -0.39 is 11.9 Å². The fourth-order valence-electron chi connectivity index (χ4n) is 1.90. The lowest BCUT2D eigenvalue weighted by atomic mass is 10.0. The molecule has 0 heterocycles. The second-order valence-electron chi connectivity index (χ2n) is 4.24. The van der Waals surface area contributed by atoms with Gasteiger partial charge in [-0.2, -0.15) is 0 Å². The zero-order valence-corrected chi connectivity index (χ0v) is 12.0. The second kappa shape index (κ2) is 6.17. The third-order valence-corrected chi connectivity index (χ3v) is 3.38. The van der Waals surface area contributed by atoms with Crippen molar-refractivity contribution in [2.24, 2.45) is 0 Å². The monoisotopic (exact) mass is 324 g/mol. The van der Waals surface area contributed by atoms with Gasteiger partial charge in [0.1, 0.15) is 11.6 Å². The molecule has 1 atom stereocenters. The van der Waals surface area contributed by atoms with Gasteiger partial charge >= 0.3 is 0 Å². The Balaban J connectivity index is 2.18. The average molecular weight is 325 g/mol. The Kier molecular flexibility index (Phi) is 4.56. The minimum Gasteiger partial charge on any atom is -0.497 e. The van der Waals surface area contributed by atoms with Crippen LogP contribution in [0.3, 0.4) is 0 Å². The third-order valence-electron chi connectivity index (χ3n) is 2.88. The normalized spacial score (nSPS) is 12.2. The van der Waals surface area contributed by atoms with E-state index in [1.165, 1.54) is 13.2 Å². The highest BCUT2D eigenvalue weighted by molar-refractivity contribution is 9.10. The molecule has 0 amide bonds. The van der Waals surface area contributed by atoms with Crippen molar-refractivity contribution < 1.29 is 14.2 Å². The molecule has 0 aliphatic carbocycles. The molecule has 1 unspecified atom stereocenters. The van der Waals surface area contributed by atoms with Crippen molar-refractivity contribution in [3.8, 4) is 5.75 Å². The largest absolute Gasteiger partial charge is 0.497 e. The zero-order chi connectivity index (χ0) is 13.8. The minimum absolute atomic E-state index is 0.278. The van der Waals surface area contributed by atoms with E-state index >= 15 is 0 Å². The van der Waals surface area contributed by atoms with Crippen molar-refractivity contribution in [1.82, 2.24) is 0 Å². The van der Waals surface area contributed by atoms with Crippen LogP contribution < -0.4 is 4.74 Å². The molecule has 0 bridgehead atoms. The maximum Gasteiger partial charge on any atom is 0.132 e. The average Bonchev–Trinajstić information content (AvgIpc) is 2.38. The molecule has 2 aromatic rings. The van der Waals surface area contributed by atoms with Crippen LogP contribution in [0.5, 0.6) is 5.75 Å². The highest BCUT2D eigenvalue weighted by Crippen LogP contribution is 2.25. The van der Waals surface area contributed by atoms with Gasteiger partial charge in [-0.3, -0.25) is 0 Å². The van der Waals surface area contributed by atoms with Crippen molar-refractivity contribution in [3.05, 3.63) is 63.9 Å². The summed E-state index contributed by atoms with van der Waals surface area (Å²) >= 11 is 3.37. The molecule has 0 saturated carbocycles. The predicted octanol–water partition coefficient (Wildman–Crippen LogP) is 3.87. The fraction of sp³-hybridized carbons (Fsp3) is 0.200. The molecular weight excluding hydrogens is 311 g/mol. The molecule has 1 N–H and O–H groups in total. The van der Waals surface area contributed by atoms with Gasteiger partial charge in [-0.15, -0.1) is 0 Å². The number of aliphatic hydroxyl groups is 1. The number of methoxy groups -OCH3 is 1. The Labute approximate surface area is 120 Å². The van der Waals surface area contributed by atoms with E-state index in [1.807, 2.05) is 24.3 Å². The van der Waals surface area contributed by atoms with Gasteiger partial charge in [0.2, 0.25) is 0 Å². The summed E-state index contributed by atoms with van der Waals surface area (Å²) in [5.41, 5.74) is 1.22. The van der Waals surface area contributed by atoms with E-state index in [2.05, 4.69) is 15.9 Å². The molecule has 19 heavy (non-hydrogen) atoms. The fourth-order valence-corrected chi connectivity index (χ4v) is 2.35. The van der Waals surface area contributed by atoms with E-state index in [4.69, 9.17) is 4.74 Å². The number of hydrogen-bond donors (Lipinski definition) is 1. The molecule has 100 valence electrons. The summed E-state index contributed by atoms with van der Waals surface area (Å²) in [4.78, 5) is 0. The summed E-state index contributed by atoms with van der Waals surface area (Å²) < 4.78 is 19.7. The van der Waals surface area contributed by atoms with E-state index in [0.29, 0.717) is 12.2 Å². The molecule has 0 saturated heterocycles. The first-order valence-electron chi connectivity index (χ1n) is 5.86. The lowest BCUT2D eigenvalue weighted by molar-refractivity contribution is 0.173. The number of aliphatic hydroxyl groups excluding tert-OH is 1. The molecule has 0 aliphatic rings. The van der Waals surface area contributed by atoms with Crippen molar-refractivity contribution in [1.29, 1.82) is 0 Å². The van der Waals surface area contributed by atoms with Crippen molar-refractivity contribution >= 4 is 15.9 Å². The summed E-state index contributed by atoms with van der Waals surface area (Å²) in [6, 6.07) is 12.1. The van der Waals surface area contributed by atoms with Gasteiger partial charge in [0.15, 0.2) is 0 Å². The molecule has 4 heteroatoms. The smallest absolute Gasteiger partial charge is 0.132 e. The molecule has 0 spiro atoms. The molecule has 2 rings (SSSR count). The number of ether oxygens (including phenoxy) is 1. The number of hydrogen-bond acceptors (Lipinski definition) is 2. The van der Waals surface area contributed by atoms with Crippen LogP contribution >= 0.6 is 15.9 Å². The zero-order valence-electron chi connectivity index (χ0n) is 10.4. The predicted molar refractivity (Wildman–Crippen MR) is 75.8 cm³/mol. The van der Waals surface area contributed by atoms with Crippen LogP contribution in [0, 0.1) is 5.82 Å². The van der Waals surface area contributed by atoms with E-state index in [0.717, 1.165) is 10.0 Å². The highest BCUT2D eigenvalue weighted by Gasteiger charge is 2.14. The summed E-state index contributed by atoms with van der Waals surface area (Å²) in [6.07, 6.45) is -0.511. The van der Waals surface area contributed by atoms with Crippen LogP contribution in [0.15, 0.2) is 46.9 Å². The SMILES string of the molecule is COc1ccc(C(O)Cc2cccc(Br)c2)c(F)c1. The maximum absolute atomic E-state index is 13.8. The van der Waals surface area contributed by atoms with Gasteiger partial charge in [0, 0.05) is 22.5 Å². The number of rotatable bonds is 4. The van der Waals surface area contributed by atoms with Gasteiger partial charge in [0.25, 0.3) is 0 Å². The summed E-state index contributed by atoms with van der Waals surface area (Å²) in [7, 11) is 1.48. The topological polar surface area (TPSA) is 29.5 Å². The second-order valence-corrected chi connectivity index (χ2v) is 5.15. The van der Waals surface area contributed by atoms with E-state index in [9.17, 15) is 9.50 Å². The van der Waals surface area contributed by atoms with Gasteiger partial charge < -0.3 is 9.84 Å². The lowest BCUT2D eigenvalue weighted by Gasteiger charge is -2.13. The van der Waals surface area contributed by atoms with Crippen molar-refractivity contribution in [3.63, 3.8) is 0 Å².